The van der Waals surface area contributed by atoms with Crippen LogP contribution in [-0.4, -0.2) is 35.5 Å². The number of aliphatic hydroxyl groups excluding tert-OH is 1. The van der Waals surface area contributed by atoms with Crippen molar-refractivity contribution in [3.63, 3.8) is 0 Å². The van der Waals surface area contributed by atoms with E-state index in [1.165, 1.54) is 6.07 Å². The summed E-state index contributed by atoms with van der Waals surface area (Å²) in [5.74, 6) is 0.107. The molecular weight excluding hydrogens is 318 g/mol. The van der Waals surface area contributed by atoms with Gasteiger partial charge in [0.15, 0.2) is 0 Å². The molecule has 0 aliphatic carbocycles. The highest BCUT2D eigenvalue weighted by molar-refractivity contribution is 9.10. The zero-order chi connectivity index (χ0) is 14.4. The second-order valence-electron chi connectivity index (χ2n) is 4.19. The van der Waals surface area contributed by atoms with Gasteiger partial charge in [0.25, 0.3) is 0 Å². The zero-order valence-corrected chi connectivity index (χ0v) is 12.3. The van der Waals surface area contributed by atoms with Gasteiger partial charge in [-0.3, -0.25) is 10.1 Å². The number of rotatable bonds is 7. The molecule has 0 amide bonds. The van der Waals surface area contributed by atoms with Crippen LogP contribution >= 0.6 is 15.9 Å². The molecule has 0 fully saturated rings. The van der Waals surface area contributed by atoms with Crippen molar-refractivity contribution in [3.8, 4) is 5.75 Å². The van der Waals surface area contributed by atoms with E-state index in [9.17, 15) is 15.2 Å². The monoisotopic (exact) mass is 333 g/mol. The lowest BCUT2D eigenvalue weighted by Crippen LogP contribution is -2.25. The molecule has 0 bridgehead atoms. The van der Waals surface area contributed by atoms with Crippen LogP contribution in [0.25, 0.3) is 0 Å². The third-order valence-corrected chi connectivity index (χ3v) is 2.81. The first-order chi connectivity index (χ1) is 8.91. The van der Waals surface area contributed by atoms with Crippen molar-refractivity contribution in [2.45, 2.75) is 26.1 Å². The molecule has 7 heteroatoms. The summed E-state index contributed by atoms with van der Waals surface area (Å²) in [7, 11) is 0. The topological polar surface area (TPSA) is 81.8 Å². The second-order valence-corrected chi connectivity index (χ2v) is 5.05. The maximum absolute atomic E-state index is 10.9. The average Bonchev–Trinajstić information content (AvgIpc) is 2.34. The molecular formula is C12H16BrNO5. The van der Waals surface area contributed by atoms with Crippen LogP contribution in [0.5, 0.6) is 5.75 Å². The summed E-state index contributed by atoms with van der Waals surface area (Å²) in [5, 5.41) is 20.5. The van der Waals surface area contributed by atoms with Crippen molar-refractivity contribution < 1.29 is 19.5 Å². The van der Waals surface area contributed by atoms with Gasteiger partial charge in [-0.1, -0.05) is 6.07 Å². The van der Waals surface area contributed by atoms with Gasteiger partial charge in [-0.15, -0.1) is 0 Å². The minimum absolute atomic E-state index is 0.00690. The molecule has 19 heavy (non-hydrogen) atoms. The fourth-order valence-electron chi connectivity index (χ4n) is 1.32. The minimum Gasteiger partial charge on any atom is -0.483 e. The molecule has 0 radical (unpaired) electrons. The Morgan fingerprint density at radius 2 is 2.11 bits per heavy atom. The zero-order valence-electron chi connectivity index (χ0n) is 10.7. The van der Waals surface area contributed by atoms with Crippen LogP contribution in [0.3, 0.4) is 0 Å². The van der Waals surface area contributed by atoms with Crippen LogP contribution < -0.4 is 4.74 Å². The highest BCUT2D eigenvalue weighted by Crippen LogP contribution is 2.34. The van der Waals surface area contributed by atoms with Crippen LogP contribution in [0.1, 0.15) is 13.8 Å². The number of hydrogen-bond acceptors (Lipinski definition) is 5. The second kappa shape index (κ2) is 7.42. The summed E-state index contributed by atoms with van der Waals surface area (Å²) in [6, 6.07) is 4.53. The third-order valence-electron chi connectivity index (χ3n) is 2.18. The van der Waals surface area contributed by atoms with Gasteiger partial charge in [0.1, 0.15) is 12.7 Å². The predicted molar refractivity (Wildman–Crippen MR) is 73.4 cm³/mol. The van der Waals surface area contributed by atoms with E-state index < -0.39 is 11.0 Å². The predicted octanol–water partition coefficient (Wildman–Crippen LogP) is 2.52. The summed E-state index contributed by atoms with van der Waals surface area (Å²) in [4.78, 5) is 10.3. The highest BCUT2D eigenvalue weighted by Gasteiger charge is 2.19. The number of ether oxygens (including phenoxy) is 2. The standard InChI is InChI=1S/C12H16BrNO5/c1-8(2)18-6-9(15)7-19-12-10(13)4-3-5-11(12)14(16)17/h3-5,8-9,15H,6-7H2,1-2H3. The Bertz CT molecular complexity index is 438. The lowest BCUT2D eigenvalue weighted by atomic mass is 10.3. The van der Waals surface area contributed by atoms with Crippen LogP contribution in [0, 0.1) is 10.1 Å². The van der Waals surface area contributed by atoms with Crippen LogP contribution in [0.2, 0.25) is 0 Å². The van der Waals surface area contributed by atoms with Gasteiger partial charge < -0.3 is 14.6 Å². The van der Waals surface area contributed by atoms with Crippen molar-refractivity contribution >= 4 is 21.6 Å². The Kier molecular flexibility index (Phi) is 6.20. The largest absolute Gasteiger partial charge is 0.483 e. The van der Waals surface area contributed by atoms with Gasteiger partial charge in [0.05, 0.1) is 22.1 Å². The van der Waals surface area contributed by atoms with E-state index in [4.69, 9.17) is 9.47 Å². The minimum atomic E-state index is -0.839. The number of nitro groups is 1. The normalized spacial score (nSPS) is 12.5. The number of para-hydroxylation sites is 1. The molecule has 1 atom stereocenters. The fourth-order valence-corrected chi connectivity index (χ4v) is 1.79. The molecule has 0 saturated carbocycles. The van der Waals surface area contributed by atoms with E-state index in [0.717, 1.165) is 0 Å². The molecule has 0 spiro atoms. The van der Waals surface area contributed by atoms with E-state index in [1.807, 2.05) is 13.8 Å². The van der Waals surface area contributed by atoms with Crippen LogP contribution in [0.15, 0.2) is 22.7 Å². The first-order valence-electron chi connectivity index (χ1n) is 5.77. The summed E-state index contributed by atoms with van der Waals surface area (Å²) >= 11 is 3.19. The van der Waals surface area contributed by atoms with Gasteiger partial charge in [0, 0.05) is 6.07 Å². The molecule has 0 saturated heterocycles. The number of halogens is 1. The third kappa shape index (κ3) is 5.14. The molecule has 106 valence electrons. The molecule has 0 heterocycles. The van der Waals surface area contributed by atoms with Gasteiger partial charge in [-0.2, -0.15) is 0 Å². The van der Waals surface area contributed by atoms with Crippen LogP contribution in [-0.2, 0) is 4.74 Å². The molecule has 6 nitrogen and oxygen atoms in total. The Morgan fingerprint density at radius 1 is 1.42 bits per heavy atom. The first-order valence-corrected chi connectivity index (χ1v) is 6.56. The fraction of sp³-hybridized carbons (Fsp3) is 0.500. The number of aliphatic hydroxyl groups is 1. The summed E-state index contributed by atoms with van der Waals surface area (Å²) in [5.41, 5.74) is -0.147. The van der Waals surface area contributed by atoms with E-state index in [1.54, 1.807) is 12.1 Å². The van der Waals surface area contributed by atoms with E-state index in [0.29, 0.717) is 4.47 Å². The molecule has 1 N–H and O–H groups in total. The van der Waals surface area contributed by atoms with E-state index >= 15 is 0 Å². The van der Waals surface area contributed by atoms with Crippen molar-refractivity contribution in [1.29, 1.82) is 0 Å². The summed E-state index contributed by atoms with van der Waals surface area (Å²) in [6.07, 6.45) is -0.832. The summed E-state index contributed by atoms with van der Waals surface area (Å²) in [6.45, 7) is 3.75. The smallest absolute Gasteiger partial charge is 0.312 e. The Morgan fingerprint density at radius 3 is 2.68 bits per heavy atom. The SMILES string of the molecule is CC(C)OCC(O)COc1c(Br)cccc1[N+](=O)[O-]. The Balaban J connectivity index is 2.64. The molecule has 0 aliphatic rings. The van der Waals surface area contributed by atoms with E-state index in [2.05, 4.69) is 15.9 Å². The average molecular weight is 334 g/mol. The van der Waals surface area contributed by atoms with E-state index in [-0.39, 0.29) is 30.8 Å². The highest BCUT2D eigenvalue weighted by atomic mass is 79.9. The molecule has 1 aromatic rings. The maximum Gasteiger partial charge on any atom is 0.312 e. The van der Waals surface area contributed by atoms with Crippen molar-refractivity contribution in [2.24, 2.45) is 0 Å². The summed E-state index contributed by atoms with van der Waals surface area (Å²) < 4.78 is 11.0. The van der Waals surface area contributed by atoms with Gasteiger partial charge >= 0.3 is 5.69 Å². The lowest BCUT2D eigenvalue weighted by molar-refractivity contribution is -0.386. The van der Waals surface area contributed by atoms with Gasteiger partial charge in [0.2, 0.25) is 5.75 Å². The van der Waals surface area contributed by atoms with Crippen molar-refractivity contribution in [1.82, 2.24) is 0 Å². The van der Waals surface area contributed by atoms with Crippen molar-refractivity contribution in [3.05, 3.63) is 32.8 Å². The van der Waals surface area contributed by atoms with Crippen LogP contribution in [0.4, 0.5) is 5.69 Å². The Labute approximate surface area is 119 Å². The lowest BCUT2D eigenvalue weighted by Gasteiger charge is -2.15. The Hall–Kier alpha value is -1.18. The molecule has 1 unspecified atom stereocenters. The number of hydrogen-bond donors (Lipinski definition) is 1. The number of benzene rings is 1. The molecule has 1 rings (SSSR count). The quantitative estimate of drug-likeness (QED) is 0.612. The first kappa shape index (κ1) is 15.9. The molecule has 1 aromatic carbocycles. The number of nitro benzene ring substituents is 1. The number of nitrogens with zero attached hydrogens (tertiary/aromatic N) is 1. The molecule has 0 aliphatic heterocycles. The van der Waals surface area contributed by atoms with Gasteiger partial charge in [-0.05, 0) is 35.8 Å². The van der Waals surface area contributed by atoms with Crippen molar-refractivity contribution in [2.75, 3.05) is 13.2 Å². The van der Waals surface area contributed by atoms with Gasteiger partial charge in [-0.25, -0.2) is 0 Å². The maximum atomic E-state index is 10.9. The molecule has 0 aromatic heterocycles.